The van der Waals surface area contributed by atoms with Gasteiger partial charge in [0.05, 0.1) is 25.0 Å². The van der Waals surface area contributed by atoms with Crippen LogP contribution in [0, 0.1) is 17.2 Å². The maximum atomic E-state index is 14.3. The number of carbonyl (C=O) groups excluding carboxylic acids is 1. The zero-order valence-electron chi connectivity index (χ0n) is 25.0. The van der Waals surface area contributed by atoms with Gasteiger partial charge in [0.2, 0.25) is 0 Å². The molecule has 44 heavy (non-hydrogen) atoms. The Morgan fingerprint density at radius 2 is 2.00 bits per heavy atom. The predicted octanol–water partition coefficient (Wildman–Crippen LogP) is 5.52. The number of nitrogens with one attached hydrogen (secondary N) is 1. The number of nitrogen functional groups attached to an aromatic ring is 1. The van der Waals surface area contributed by atoms with E-state index >= 15 is 0 Å². The molecular weight excluding hydrogens is 583 g/mol. The predicted molar refractivity (Wildman–Crippen MR) is 165 cm³/mol. The molecule has 1 fully saturated rings. The molecule has 0 saturated carbocycles. The summed E-state index contributed by atoms with van der Waals surface area (Å²) in [6.07, 6.45) is 3.24. The first-order valence-electron chi connectivity index (χ1n) is 14.7. The minimum atomic E-state index is -4.18. The minimum absolute atomic E-state index is 0.172. The topological polar surface area (TPSA) is 163 Å². The third kappa shape index (κ3) is 6.56. The summed E-state index contributed by atoms with van der Waals surface area (Å²) in [4.78, 5) is 16.9. The van der Waals surface area contributed by atoms with E-state index in [0.717, 1.165) is 23.6 Å². The number of fused-ring (bicyclic) bond motifs is 2. The van der Waals surface area contributed by atoms with Crippen LogP contribution in [-0.2, 0) is 29.0 Å². The van der Waals surface area contributed by atoms with Crippen LogP contribution in [0.25, 0.3) is 16.3 Å². The van der Waals surface area contributed by atoms with Gasteiger partial charge in [0, 0.05) is 5.39 Å². The monoisotopic (exact) mass is 620 g/mol. The number of nitrogens with two attached hydrogens (primary N) is 1. The van der Waals surface area contributed by atoms with Gasteiger partial charge in [-0.25, -0.2) is 14.1 Å². The first-order chi connectivity index (χ1) is 21.2. The third-order valence-electron chi connectivity index (χ3n) is 7.98. The zero-order valence-corrected chi connectivity index (χ0v) is 25.9. The molecule has 4 aromatic rings. The van der Waals surface area contributed by atoms with Crippen LogP contribution >= 0.6 is 7.75 Å². The van der Waals surface area contributed by atoms with Crippen molar-refractivity contribution in [1.82, 2.24) is 19.7 Å². The van der Waals surface area contributed by atoms with Crippen molar-refractivity contribution in [2.75, 3.05) is 18.9 Å². The summed E-state index contributed by atoms with van der Waals surface area (Å²) in [5.41, 5.74) is 5.72. The van der Waals surface area contributed by atoms with Crippen molar-refractivity contribution < 1.29 is 27.9 Å². The van der Waals surface area contributed by atoms with Crippen molar-refractivity contribution in [3.8, 4) is 11.8 Å². The van der Waals surface area contributed by atoms with E-state index in [1.165, 1.54) is 6.33 Å². The fourth-order valence-electron chi connectivity index (χ4n) is 5.29. The summed E-state index contributed by atoms with van der Waals surface area (Å²) < 4.78 is 39.6. The van der Waals surface area contributed by atoms with Crippen LogP contribution in [0.3, 0.4) is 0 Å². The van der Waals surface area contributed by atoms with Gasteiger partial charge >= 0.3 is 13.7 Å². The number of nitrogens with zero attached hydrogens (tertiary/aromatic N) is 4. The molecule has 2 unspecified atom stereocenters. The molecule has 2 aromatic carbocycles. The standard InChI is InChI=1S/C31H37N6O6P/c1-4-22(5-2)17-40-30(38)21(3)36-44(39,43-27-12-8-10-23-9-6-7-11-25(23)27)41-18-24-15-16-31(19-32,42-24)28-14-13-26-29(33)34-20-35-37(26)28/h6-14,20-22,24H,4-5,15-18H2,1-3H3,(H,36,39)(H2,33,34,35)/t21-,24-,31?,44?/m0/s1. The number of esters is 1. The van der Waals surface area contributed by atoms with E-state index in [0.29, 0.717) is 29.8 Å². The minimum Gasteiger partial charge on any atom is -0.464 e. The molecule has 3 heterocycles. The van der Waals surface area contributed by atoms with Crippen LogP contribution in [0.1, 0.15) is 52.1 Å². The average Bonchev–Trinajstić information content (AvgIpc) is 3.67. The van der Waals surface area contributed by atoms with Crippen molar-refractivity contribution >= 4 is 35.8 Å². The van der Waals surface area contributed by atoms with E-state index in [1.807, 2.05) is 44.2 Å². The molecule has 1 aliphatic rings. The lowest BCUT2D eigenvalue weighted by Crippen LogP contribution is -2.36. The Morgan fingerprint density at radius 1 is 1.23 bits per heavy atom. The molecule has 3 N–H and O–H groups in total. The molecule has 12 nitrogen and oxygen atoms in total. The number of hydrogen-bond donors (Lipinski definition) is 2. The van der Waals surface area contributed by atoms with Gasteiger partial charge in [-0.15, -0.1) is 0 Å². The van der Waals surface area contributed by atoms with Gasteiger partial charge in [0.1, 0.15) is 29.7 Å². The summed E-state index contributed by atoms with van der Waals surface area (Å²) >= 11 is 0. The Morgan fingerprint density at radius 3 is 2.77 bits per heavy atom. The highest BCUT2D eigenvalue weighted by atomic mass is 31.2. The third-order valence-corrected chi connectivity index (χ3v) is 9.61. The van der Waals surface area contributed by atoms with Crippen molar-refractivity contribution in [3.05, 3.63) is 66.6 Å². The molecule has 1 aliphatic heterocycles. The smallest absolute Gasteiger partial charge is 0.459 e. The lowest BCUT2D eigenvalue weighted by Gasteiger charge is -2.26. The van der Waals surface area contributed by atoms with Crippen molar-refractivity contribution in [2.45, 2.75) is 64.2 Å². The lowest BCUT2D eigenvalue weighted by atomic mass is 9.98. The summed E-state index contributed by atoms with van der Waals surface area (Å²) in [6.45, 7) is 5.73. The molecule has 0 spiro atoms. The van der Waals surface area contributed by atoms with Crippen LogP contribution in [0.5, 0.6) is 5.75 Å². The van der Waals surface area contributed by atoms with E-state index in [9.17, 15) is 14.6 Å². The number of benzene rings is 2. The van der Waals surface area contributed by atoms with Gasteiger partial charge in [-0.05, 0) is 49.3 Å². The van der Waals surface area contributed by atoms with Crippen LogP contribution < -0.4 is 15.3 Å². The van der Waals surface area contributed by atoms with Crippen LogP contribution in [0.2, 0.25) is 0 Å². The van der Waals surface area contributed by atoms with E-state index in [1.54, 1.807) is 35.7 Å². The molecule has 0 amide bonds. The quantitative estimate of drug-likeness (QED) is 0.143. The molecule has 4 atom stereocenters. The molecule has 1 saturated heterocycles. The second-order valence-corrected chi connectivity index (χ2v) is 12.6. The van der Waals surface area contributed by atoms with Crippen LogP contribution in [0.4, 0.5) is 5.82 Å². The van der Waals surface area contributed by atoms with E-state index in [2.05, 4.69) is 21.2 Å². The Kier molecular flexibility index (Phi) is 9.51. The summed E-state index contributed by atoms with van der Waals surface area (Å²) in [5, 5.41) is 18.8. The molecule has 0 aliphatic carbocycles. The Labute approximate surface area is 256 Å². The number of anilines is 1. The molecule has 5 rings (SSSR count). The number of ether oxygens (including phenoxy) is 2. The van der Waals surface area contributed by atoms with Crippen molar-refractivity contribution in [3.63, 3.8) is 0 Å². The van der Waals surface area contributed by atoms with E-state index in [4.69, 9.17) is 24.3 Å². The summed E-state index contributed by atoms with van der Waals surface area (Å²) in [6, 6.07) is 17.7. The SMILES string of the molecule is CCC(CC)COC(=O)[C@H](C)NP(=O)(OC[C@@H]1CCC(C#N)(c2ccc3c(N)ncnn23)O1)Oc1cccc2ccccc12. The van der Waals surface area contributed by atoms with E-state index in [-0.39, 0.29) is 24.9 Å². The number of hydrogen-bond acceptors (Lipinski definition) is 10. The molecule has 2 aromatic heterocycles. The first-order valence-corrected chi connectivity index (χ1v) is 16.3. The van der Waals surface area contributed by atoms with Gasteiger partial charge in [-0.3, -0.25) is 9.32 Å². The second kappa shape index (κ2) is 13.3. The fourth-order valence-corrected chi connectivity index (χ4v) is 6.83. The second-order valence-electron chi connectivity index (χ2n) is 10.9. The highest BCUT2D eigenvalue weighted by Gasteiger charge is 2.46. The van der Waals surface area contributed by atoms with Gasteiger partial charge in [0.15, 0.2) is 11.4 Å². The largest absolute Gasteiger partial charge is 0.464 e. The molecule has 13 heteroatoms. The Balaban J connectivity index is 1.35. The summed E-state index contributed by atoms with van der Waals surface area (Å²) in [5.74, 6) is 0.278. The van der Waals surface area contributed by atoms with Crippen LogP contribution in [0.15, 0.2) is 60.9 Å². The Bertz CT molecular complexity index is 1710. The molecule has 232 valence electrons. The first kappa shape index (κ1) is 31.4. The van der Waals surface area contributed by atoms with Crippen LogP contribution in [-0.4, -0.2) is 45.9 Å². The molecule has 0 bridgehead atoms. The highest BCUT2D eigenvalue weighted by molar-refractivity contribution is 7.52. The normalized spacial score (nSPS) is 20.4. The van der Waals surface area contributed by atoms with E-state index < -0.39 is 31.5 Å². The zero-order chi connectivity index (χ0) is 31.3. The highest BCUT2D eigenvalue weighted by Crippen LogP contribution is 2.48. The molecule has 0 radical (unpaired) electrons. The Hall–Kier alpha value is -4.01. The van der Waals surface area contributed by atoms with Gasteiger partial charge in [-0.1, -0.05) is 63.1 Å². The fraction of sp³-hybridized carbons (Fsp3) is 0.419. The van der Waals surface area contributed by atoms with Gasteiger partial charge < -0.3 is 19.7 Å². The molecular formula is C31H37N6O6P. The van der Waals surface area contributed by atoms with Gasteiger partial charge in [0.25, 0.3) is 0 Å². The summed E-state index contributed by atoms with van der Waals surface area (Å²) in [7, 11) is -4.18. The van der Waals surface area contributed by atoms with Crippen molar-refractivity contribution in [2.24, 2.45) is 5.92 Å². The maximum Gasteiger partial charge on any atom is 0.459 e. The maximum absolute atomic E-state index is 14.3. The number of nitriles is 1. The number of rotatable bonds is 13. The van der Waals surface area contributed by atoms with Crippen molar-refractivity contribution in [1.29, 1.82) is 5.26 Å². The van der Waals surface area contributed by atoms with Gasteiger partial charge in [-0.2, -0.15) is 15.4 Å². The lowest BCUT2D eigenvalue weighted by molar-refractivity contribution is -0.146. The average molecular weight is 621 g/mol. The number of aromatic nitrogens is 3. The number of carbonyl (C=O) groups is 1.